The summed E-state index contributed by atoms with van der Waals surface area (Å²) in [5.74, 6) is 0. The van der Waals surface area contributed by atoms with Crippen LogP contribution in [0.3, 0.4) is 0 Å². The molecule has 3 rings (SSSR count). The highest BCUT2D eigenvalue weighted by Crippen LogP contribution is 2.26. The van der Waals surface area contributed by atoms with Gasteiger partial charge in [-0.05, 0) is 60.8 Å². The van der Waals surface area contributed by atoms with E-state index in [1.807, 2.05) is 24.5 Å². The SMILES string of the molecule is Cc1cnccc1Cn1cc(CCN)c2cc(Cl)ccc21. The first-order valence-corrected chi connectivity index (χ1v) is 7.43. The Kier molecular flexibility index (Phi) is 3.95. The molecule has 0 aliphatic rings. The summed E-state index contributed by atoms with van der Waals surface area (Å²) in [6.07, 6.45) is 6.79. The zero-order valence-electron chi connectivity index (χ0n) is 12.0. The van der Waals surface area contributed by atoms with Gasteiger partial charge in [0, 0.05) is 41.1 Å². The van der Waals surface area contributed by atoms with Crippen molar-refractivity contribution in [1.29, 1.82) is 0 Å². The van der Waals surface area contributed by atoms with Crippen LogP contribution in [0.15, 0.2) is 42.9 Å². The van der Waals surface area contributed by atoms with Gasteiger partial charge >= 0.3 is 0 Å². The molecular formula is C17H18ClN3. The molecule has 0 aliphatic heterocycles. The average Bonchev–Trinajstić information content (AvgIpc) is 2.79. The van der Waals surface area contributed by atoms with Crippen LogP contribution in [-0.2, 0) is 13.0 Å². The summed E-state index contributed by atoms with van der Waals surface area (Å²) in [6, 6.07) is 8.11. The monoisotopic (exact) mass is 299 g/mol. The van der Waals surface area contributed by atoms with Crippen LogP contribution in [0.25, 0.3) is 10.9 Å². The number of hydrogen-bond donors (Lipinski definition) is 1. The Hall–Kier alpha value is -1.84. The normalized spacial score (nSPS) is 11.2. The molecule has 1 aromatic carbocycles. The number of fused-ring (bicyclic) bond motifs is 1. The topological polar surface area (TPSA) is 43.8 Å². The summed E-state index contributed by atoms with van der Waals surface area (Å²) in [7, 11) is 0. The van der Waals surface area contributed by atoms with E-state index < -0.39 is 0 Å². The highest BCUT2D eigenvalue weighted by Gasteiger charge is 2.10. The average molecular weight is 300 g/mol. The Morgan fingerprint density at radius 3 is 2.86 bits per heavy atom. The van der Waals surface area contributed by atoms with E-state index in [1.165, 1.54) is 27.6 Å². The molecule has 0 unspecified atom stereocenters. The van der Waals surface area contributed by atoms with Crippen molar-refractivity contribution in [3.8, 4) is 0 Å². The minimum atomic E-state index is 0.639. The van der Waals surface area contributed by atoms with Crippen LogP contribution in [-0.4, -0.2) is 16.1 Å². The molecule has 0 spiro atoms. The van der Waals surface area contributed by atoms with Crippen molar-refractivity contribution in [2.24, 2.45) is 5.73 Å². The predicted octanol–water partition coefficient (Wildman–Crippen LogP) is 3.55. The Morgan fingerprint density at radius 1 is 1.24 bits per heavy atom. The first kappa shape index (κ1) is 14.1. The minimum absolute atomic E-state index is 0.639. The van der Waals surface area contributed by atoms with Crippen molar-refractivity contribution in [3.05, 3.63) is 64.6 Å². The van der Waals surface area contributed by atoms with E-state index >= 15 is 0 Å². The number of pyridine rings is 1. The number of benzene rings is 1. The summed E-state index contributed by atoms with van der Waals surface area (Å²) in [4.78, 5) is 4.15. The molecule has 4 heteroatoms. The molecule has 0 saturated carbocycles. The molecule has 0 fully saturated rings. The minimum Gasteiger partial charge on any atom is -0.343 e. The van der Waals surface area contributed by atoms with E-state index in [0.717, 1.165) is 18.0 Å². The lowest BCUT2D eigenvalue weighted by atomic mass is 10.1. The van der Waals surface area contributed by atoms with Gasteiger partial charge in [0.15, 0.2) is 0 Å². The number of aromatic nitrogens is 2. The number of halogens is 1. The van der Waals surface area contributed by atoms with Crippen LogP contribution in [0, 0.1) is 6.92 Å². The van der Waals surface area contributed by atoms with E-state index in [-0.39, 0.29) is 0 Å². The predicted molar refractivity (Wildman–Crippen MR) is 87.8 cm³/mol. The Balaban J connectivity index is 2.08. The van der Waals surface area contributed by atoms with E-state index in [2.05, 4.69) is 34.8 Å². The highest BCUT2D eigenvalue weighted by molar-refractivity contribution is 6.31. The summed E-state index contributed by atoms with van der Waals surface area (Å²) in [6.45, 7) is 3.56. The molecular weight excluding hydrogens is 282 g/mol. The van der Waals surface area contributed by atoms with Gasteiger partial charge in [-0.15, -0.1) is 0 Å². The fourth-order valence-corrected chi connectivity index (χ4v) is 2.86. The summed E-state index contributed by atoms with van der Waals surface area (Å²) in [5, 5.41) is 1.96. The number of hydrogen-bond acceptors (Lipinski definition) is 2. The zero-order valence-corrected chi connectivity index (χ0v) is 12.8. The Labute approximate surface area is 129 Å². The maximum absolute atomic E-state index is 6.14. The lowest BCUT2D eigenvalue weighted by Gasteiger charge is -2.08. The van der Waals surface area contributed by atoms with Gasteiger partial charge in [-0.2, -0.15) is 0 Å². The molecule has 0 atom stereocenters. The molecule has 0 amide bonds. The van der Waals surface area contributed by atoms with Crippen LogP contribution in [0.1, 0.15) is 16.7 Å². The smallest absolute Gasteiger partial charge is 0.0487 e. The van der Waals surface area contributed by atoms with Gasteiger partial charge in [-0.3, -0.25) is 4.98 Å². The molecule has 0 radical (unpaired) electrons. The lowest BCUT2D eigenvalue weighted by molar-refractivity contribution is 0.819. The Morgan fingerprint density at radius 2 is 2.10 bits per heavy atom. The number of aryl methyl sites for hydroxylation is 1. The van der Waals surface area contributed by atoms with E-state index in [4.69, 9.17) is 17.3 Å². The van der Waals surface area contributed by atoms with Crippen LogP contribution < -0.4 is 5.73 Å². The fourth-order valence-electron chi connectivity index (χ4n) is 2.69. The van der Waals surface area contributed by atoms with Gasteiger partial charge in [-0.1, -0.05) is 11.6 Å². The van der Waals surface area contributed by atoms with Crippen molar-refractivity contribution in [3.63, 3.8) is 0 Å². The fraction of sp³-hybridized carbons (Fsp3) is 0.235. The second kappa shape index (κ2) is 5.88. The first-order chi connectivity index (χ1) is 10.2. The summed E-state index contributed by atoms with van der Waals surface area (Å²) >= 11 is 6.14. The molecule has 3 nitrogen and oxygen atoms in total. The Bertz CT molecular complexity index is 777. The highest BCUT2D eigenvalue weighted by atomic mass is 35.5. The van der Waals surface area contributed by atoms with Gasteiger partial charge in [0.1, 0.15) is 0 Å². The molecule has 2 aromatic heterocycles. The lowest BCUT2D eigenvalue weighted by Crippen LogP contribution is -2.02. The molecule has 2 N–H and O–H groups in total. The van der Waals surface area contributed by atoms with Crippen molar-refractivity contribution in [2.45, 2.75) is 19.9 Å². The largest absolute Gasteiger partial charge is 0.343 e. The summed E-state index contributed by atoms with van der Waals surface area (Å²) < 4.78 is 2.26. The molecule has 0 saturated heterocycles. The van der Waals surface area contributed by atoms with Crippen molar-refractivity contribution in [1.82, 2.24) is 9.55 Å². The van der Waals surface area contributed by atoms with E-state index in [0.29, 0.717) is 6.54 Å². The van der Waals surface area contributed by atoms with Crippen LogP contribution in [0.2, 0.25) is 5.02 Å². The molecule has 0 aliphatic carbocycles. The third kappa shape index (κ3) is 2.80. The van der Waals surface area contributed by atoms with Gasteiger partial charge in [0.05, 0.1) is 0 Å². The third-order valence-corrected chi connectivity index (χ3v) is 4.05. The van der Waals surface area contributed by atoms with Crippen LogP contribution >= 0.6 is 11.6 Å². The second-order valence-corrected chi connectivity index (χ2v) is 5.72. The standard InChI is InChI=1S/C17H18ClN3/c1-12-9-20-7-5-13(12)10-21-11-14(4-6-19)16-8-15(18)2-3-17(16)21/h2-3,5,7-9,11H,4,6,10,19H2,1H3. The third-order valence-electron chi connectivity index (χ3n) is 3.82. The van der Waals surface area contributed by atoms with Gasteiger partial charge in [0.2, 0.25) is 0 Å². The summed E-state index contributed by atoms with van der Waals surface area (Å²) in [5.41, 5.74) is 10.6. The van der Waals surface area contributed by atoms with E-state index in [1.54, 1.807) is 0 Å². The zero-order chi connectivity index (χ0) is 14.8. The second-order valence-electron chi connectivity index (χ2n) is 5.28. The van der Waals surface area contributed by atoms with Crippen LogP contribution in [0.5, 0.6) is 0 Å². The maximum atomic E-state index is 6.14. The maximum Gasteiger partial charge on any atom is 0.0487 e. The van der Waals surface area contributed by atoms with Gasteiger partial charge in [0.25, 0.3) is 0 Å². The molecule has 2 heterocycles. The molecule has 108 valence electrons. The first-order valence-electron chi connectivity index (χ1n) is 7.06. The van der Waals surface area contributed by atoms with Crippen molar-refractivity contribution < 1.29 is 0 Å². The van der Waals surface area contributed by atoms with Crippen molar-refractivity contribution >= 4 is 22.5 Å². The van der Waals surface area contributed by atoms with Gasteiger partial charge < -0.3 is 10.3 Å². The molecule has 0 bridgehead atoms. The number of nitrogens with two attached hydrogens (primary N) is 1. The van der Waals surface area contributed by atoms with Crippen molar-refractivity contribution in [2.75, 3.05) is 6.54 Å². The van der Waals surface area contributed by atoms with Gasteiger partial charge in [-0.25, -0.2) is 0 Å². The van der Waals surface area contributed by atoms with Crippen LogP contribution in [0.4, 0.5) is 0 Å². The molecule has 21 heavy (non-hydrogen) atoms. The quantitative estimate of drug-likeness (QED) is 0.800. The van der Waals surface area contributed by atoms with E-state index in [9.17, 15) is 0 Å². The number of nitrogens with zero attached hydrogens (tertiary/aromatic N) is 2. The number of rotatable bonds is 4. The molecule has 3 aromatic rings.